The summed E-state index contributed by atoms with van der Waals surface area (Å²) in [6, 6.07) is 0. The van der Waals surface area contributed by atoms with Gasteiger partial charge in [-0.25, -0.2) is 0 Å². The molecule has 1 aromatic rings. The first-order valence-corrected chi connectivity index (χ1v) is 8.40. The van der Waals surface area contributed by atoms with E-state index >= 15 is 0 Å². The second-order valence-electron chi connectivity index (χ2n) is 7.05. The van der Waals surface area contributed by atoms with Gasteiger partial charge in [0.25, 0.3) is 0 Å². The average Bonchev–Trinajstić information content (AvgIpc) is 2.95. The highest BCUT2D eigenvalue weighted by atomic mass is 16.2. The molecule has 0 bridgehead atoms. The van der Waals surface area contributed by atoms with Crippen molar-refractivity contribution in [3.8, 4) is 0 Å². The van der Waals surface area contributed by atoms with E-state index in [4.69, 9.17) is 0 Å². The van der Waals surface area contributed by atoms with E-state index in [1.807, 2.05) is 6.20 Å². The quantitative estimate of drug-likeness (QED) is 0.854. The van der Waals surface area contributed by atoms with Crippen LogP contribution in [0.15, 0.2) is 18.6 Å². The zero-order chi connectivity index (χ0) is 15.4. The molecule has 1 saturated heterocycles. The fourth-order valence-electron chi connectivity index (χ4n) is 3.68. The van der Waals surface area contributed by atoms with Crippen LogP contribution in [-0.4, -0.2) is 51.9 Å². The van der Waals surface area contributed by atoms with E-state index in [0.717, 1.165) is 44.8 Å². The number of carbonyl (C=O) groups is 1. The highest BCUT2D eigenvalue weighted by Gasteiger charge is 2.33. The lowest BCUT2D eigenvalue weighted by molar-refractivity contribution is -0.135. The van der Waals surface area contributed by atoms with E-state index in [2.05, 4.69) is 26.7 Å². The Labute approximate surface area is 132 Å². The fourth-order valence-corrected chi connectivity index (χ4v) is 3.68. The molecule has 0 N–H and O–H groups in total. The maximum Gasteiger partial charge on any atom is 0.223 e. The molecular formula is C17H26N4O. The first-order valence-electron chi connectivity index (χ1n) is 8.40. The summed E-state index contributed by atoms with van der Waals surface area (Å²) in [4.78, 5) is 25.3. The third-order valence-corrected chi connectivity index (χ3v) is 5.12. The van der Waals surface area contributed by atoms with Gasteiger partial charge in [-0.15, -0.1) is 0 Å². The Bertz CT molecular complexity index is 491. The standard InChI is InChI=1S/C17H26N4O/c1-17(4-2-3-5-17)12-16(22)21-10-8-20(9-11-21)14-15-13-18-6-7-19-15/h6-7,13H,2-5,8-12,14H2,1H3. The zero-order valence-corrected chi connectivity index (χ0v) is 13.5. The molecule has 2 heterocycles. The summed E-state index contributed by atoms with van der Waals surface area (Å²) in [5.41, 5.74) is 1.26. The molecule has 0 radical (unpaired) electrons. The van der Waals surface area contributed by atoms with Crippen LogP contribution in [0.4, 0.5) is 0 Å². The van der Waals surface area contributed by atoms with Crippen molar-refractivity contribution in [2.75, 3.05) is 26.2 Å². The first-order chi connectivity index (χ1) is 10.6. The number of hydrogen-bond donors (Lipinski definition) is 0. The van der Waals surface area contributed by atoms with Crippen LogP contribution < -0.4 is 0 Å². The number of nitrogens with zero attached hydrogens (tertiary/aromatic N) is 4. The Kier molecular flexibility index (Phi) is 4.71. The van der Waals surface area contributed by atoms with E-state index in [0.29, 0.717) is 5.91 Å². The molecule has 1 amide bonds. The summed E-state index contributed by atoms with van der Waals surface area (Å²) in [6.07, 6.45) is 11.0. The Hall–Kier alpha value is -1.49. The zero-order valence-electron chi connectivity index (χ0n) is 13.5. The molecule has 2 fully saturated rings. The van der Waals surface area contributed by atoms with Gasteiger partial charge in [0.1, 0.15) is 0 Å². The van der Waals surface area contributed by atoms with Crippen molar-refractivity contribution in [1.29, 1.82) is 0 Å². The Balaban J connectivity index is 1.46. The molecule has 120 valence electrons. The first kappa shape index (κ1) is 15.4. The number of amides is 1. The minimum absolute atomic E-state index is 0.258. The lowest BCUT2D eigenvalue weighted by atomic mass is 9.84. The molecule has 1 aliphatic carbocycles. The topological polar surface area (TPSA) is 49.3 Å². The van der Waals surface area contributed by atoms with Gasteiger partial charge in [-0.2, -0.15) is 0 Å². The number of rotatable bonds is 4. The molecule has 0 atom stereocenters. The fraction of sp³-hybridized carbons (Fsp3) is 0.706. The largest absolute Gasteiger partial charge is 0.340 e. The van der Waals surface area contributed by atoms with Crippen LogP contribution in [0.3, 0.4) is 0 Å². The molecule has 0 aromatic carbocycles. The van der Waals surface area contributed by atoms with Gasteiger partial charge in [0.15, 0.2) is 0 Å². The molecule has 5 nitrogen and oxygen atoms in total. The third-order valence-electron chi connectivity index (χ3n) is 5.12. The highest BCUT2D eigenvalue weighted by Crippen LogP contribution is 2.40. The van der Waals surface area contributed by atoms with Crippen LogP contribution >= 0.6 is 0 Å². The average molecular weight is 302 g/mol. The van der Waals surface area contributed by atoms with Crippen LogP contribution in [0.2, 0.25) is 0 Å². The van der Waals surface area contributed by atoms with Crippen molar-refractivity contribution >= 4 is 5.91 Å². The van der Waals surface area contributed by atoms with Crippen molar-refractivity contribution < 1.29 is 4.79 Å². The smallest absolute Gasteiger partial charge is 0.223 e. The molecule has 0 unspecified atom stereocenters. The van der Waals surface area contributed by atoms with E-state index in [1.165, 1.54) is 25.7 Å². The maximum absolute atomic E-state index is 12.5. The third kappa shape index (κ3) is 3.83. The lowest BCUT2D eigenvalue weighted by Crippen LogP contribution is -2.49. The van der Waals surface area contributed by atoms with Crippen molar-refractivity contribution in [1.82, 2.24) is 19.8 Å². The monoisotopic (exact) mass is 302 g/mol. The van der Waals surface area contributed by atoms with Crippen molar-refractivity contribution in [3.05, 3.63) is 24.3 Å². The molecule has 1 saturated carbocycles. The Morgan fingerprint density at radius 1 is 1.18 bits per heavy atom. The van der Waals surface area contributed by atoms with Gasteiger partial charge >= 0.3 is 0 Å². The van der Waals surface area contributed by atoms with Crippen LogP contribution in [0.1, 0.15) is 44.7 Å². The van der Waals surface area contributed by atoms with Gasteiger partial charge in [0.05, 0.1) is 5.69 Å². The molecule has 3 rings (SSSR count). The number of hydrogen-bond acceptors (Lipinski definition) is 4. The lowest BCUT2D eigenvalue weighted by Gasteiger charge is -2.36. The summed E-state index contributed by atoms with van der Waals surface area (Å²) in [5, 5.41) is 0. The molecular weight excluding hydrogens is 276 g/mol. The summed E-state index contributed by atoms with van der Waals surface area (Å²) in [7, 11) is 0. The highest BCUT2D eigenvalue weighted by molar-refractivity contribution is 5.77. The van der Waals surface area contributed by atoms with Gasteiger partial charge in [-0.1, -0.05) is 19.8 Å². The molecule has 1 aromatic heterocycles. The van der Waals surface area contributed by atoms with Crippen molar-refractivity contribution in [2.24, 2.45) is 5.41 Å². The predicted molar refractivity (Wildman–Crippen MR) is 85.1 cm³/mol. The van der Waals surface area contributed by atoms with Crippen LogP contribution in [-0.2, 0) is 11.3 Å². The van der Waals surface area contributed by atoms with E-state index in [1.54, 1.807) is 12.4 Å². The van der Waals surface area contributed by atoms with Gasteiger partial charge in [-0.3, -0.25) is 19.7 Å². The molecule has 1 aliphatic heterocycles. The van der Waals surface area contributed by atoms with Crippen molar-refractivity contribution in [3.63, 3.8) is 0 Å². The van der Waals surface area contributed by atoms with Gasteiger partial charge in [0.2, 0.25) is 5.91 Å². The van der Waals surface area contributed by atoms with E-state index in [-0.39, 0.29) is 5.41 Å². The van der Waals surface area contributed by atoms with Crippen LogP contribution in [0, 0.1) is 5.41 Å². The summed E-state index contributed by atoms with van der Waals surface area (Å²) in [6.45, 7) is 6.65. The normalized spacial score (nSPS) is 22.0. The molecule has 5 heteroatoms. The second-order valence-corrected chi connectivity index (χ2v) is 7.05. The van der Waals surface area contributed by atoms with E-state index in [9.17, 15) is 4.79 Å². The number of aromatic nitrogens is 2. The minimum Gasteiger partial charge on any atom is -0.340 e. The summed E-state index contributed by atoms with van der Waals surface area (Å²) < 4.78 is 0. The van der Waals surface area contributed by atoms with Gasteiger partial charge in [0, 0.05) is 57.7 Å². The Morgan fingerprint density at radius 2 is 1.91 bits per heavy atom. The predicted octanol–water partition coefficient (Wildman–Crippen LogP) is 2.09. The SMILES string of the molecule is CC1(CC(=O)N2CCN(Cc3cnccn3)CC2)CCCC1. The van der Waals surface area contributed by atoms with Gasteiger partial charge in [-0.05, 0) is 18.3 Å². The van der Waals surface area contributed by atoms with Crippen molar-refractivity contribution in [2.45, 2.75) is 45.6 Å². The Morgan fingerprint density at radius 3 is 2.55 bits per heavy atom. The number of carbonyl (C=O) groups excluding carboxylic acids is 1. The molecule has 0 spiro atoms. The summed E-state index contributed by atoms with van der Waals surface area (Å²) in [5.74, 6) is 0.351. The van der Waals surface area contributed by atoms with E-state index < -0.39 is 0 Å². The van der Waals surface area contributed by atoms with Crippen LogP contribution in [0.25, 0.3) is 0 Å². The van der Waals surface area contributed by atoms with Crippen LogP contribution in [0.5, 0.6) is 0 Å². The molecule has 22 heavy (non-hydrogen) atoms. The second kappa shape index (κ2) is 6.73. The number of piperazine rings is 1. The minimum atomic E-state index is 0.258. The van der Waals surface area contributed by atoms with Gasteiger partial charge < -0.3 is 4.90 Å². The molecule has 2 aliphatic rings. The summed E-state index contributed by atoms with van der Waals surface area (Å²) >= 11 is 0. The maximum atomic E-state index is 12.5.